The summed E-state index contributed by atoms with van der Waals surface area (Å²) in [5.41, 5.74) is 1.60. The number of amides is 1. The zero-order valence-corrected chi connectivity index (χ0v) is 15.3. The molecule has 1 unspecified atom stereocenters. The van der Waals surface area contributed by atoms with Gasteiger partial charge >= 0.3 is 0 Å². The number of carbonyl (C=O) groups is 2. The molecule has 1 aliphatic heterocycles. The van der Waals surface area contributed by atoms with Gasteiger partial charge < -0.3 is 15.1 Å². The lowest BCUT2D eigenvalue weighted by atomic mass is 9.95. The maximum absolute atomic E-state index is 12.9. The fourth-order valence-electron chi connectivity index (χ4n) is 3.44. The van der Waals surface area contributed by atoms with Gasteiger partial charge in [-0.3, -0.25) is 19.6 Å². The zero-order chi connectivity index (χ0) is 20.4. The number of pyridine rings is 2. The van der Waals surface area contributed by atoms with Gasteiger partial charge in [0, 0.05) is 36.9 Å². The molecule has 4 rings (SSSR count). The topological polar surface area (TPSA) is 104 Å². The molecule has 144 valence electrons. The lowest BCUT2D eigenvalue weighted by molar-refractivity contribution is -0.140. The van der Waals surface area contributed by atoms with E-state index in [0.717, 1.165) is 5.56 Å². The first-order chi connectivity index (χ1) is 14.1. The van der Waals surface area contributed by atoms with E-state index in [2.05, 4.69) is 9.97 Å². The Bertz CT molecular complexity index is 1100. The van der Waals surface area contributed by atoms with Crippen molar-refractivity contribution in [1.29, 1.82) is 0 Å². The third-order valence-corrected chi connectivity index (χ3v) is 4.76. The second-order valence-electron chi connectivity index (χ2n) is 6.62. The number of phenolic OH excluding ortho intramolecular Hbond substituents is 1. The molecule has 3 heterocycles. The Labute approximate surface area is 166 Å². The average Bonchev–Trinajstić information content (AvgIpc) is 2.99. The van der Waals surface area contributed by atoms with Crippen LogP contribution in [0.25, 0.3) is 5.76 Å². The molecular formula is C22H17N3O4. The lowest BCUT2D eigenvalue weighted by Gasteiger charge is -2.25. The molecule has 0 spiro atoms. The summed E-state index contributed by atoms with van der Waals surface area (Å²) >= 11 is 0. The van der Waals surface area contributed by atoms with Gasteiger partial charge in [0.25, 0.3) is 11.7 Å². The van der Waals surface area contributed by atoms with Gasteiger partial charge in [0.15, 0.2) is 0 Å². The van der Waals surface area contributed by atoms with Gasteiger partial charge in [-0.25, -0.2) is 0 Å². The molecule has 1 atom stereocenters. The van der Waals surface area contributed by atoms with Gasteiger partial charge in [-0.1, -0.05) is 18.2 Å². The smallest absolute Gasteiger partial charge is 0.295 e. The van der Waals surface area contributed by atoms with Crippen LogP contribution in [0.5, 0.6) is 5.75 Å². The fourth-order valence-corrected chi connectivity index (χ4v) is 3.44. The molecule has 0 saturated carbocycles. The lowest BCUT2D eigenvalue weighted by Crippen LogP contribution is -2.29. The second kappa shape index (κ2) is 7.55. The van der Waals surface area contributed by atoms with Gasteiger partial charge in [-0.2, -0.15) is 0 Å². The van der Waals surface area contributed by atoms with E-state index < -0.39 is 17.7 Å². The summed E-state index contributed by atoms with van der Waals surface area (Å²) in [7, 11) is 0. The minimum absolute atomic E-state index is 0.00150. The van der Waals surface area contributed by atoms with E-state index in [1.165, 1.54) is 29.4 Å². The van der Waals surface area contributed by atoms with Crippen molar-refractivity contribution in [3.8, 4) is 5.75 Å². The first-order valence-electron chi connectivity index (χ1n) is 8.93. The molecule has 0 radical (unpaired) electrons. The minimum atomic E-state index is -0.851. The van der Waals surface area contributed by atoms with E-state index in [9.17, 15) is 19.8 Å². The van der Waals surface area contributed by atoms with E-state index in [1.54, 1.807) is 48.8 Å². The highest BCUT2D eigenvalue weighted by atomic mass is 16.3. The summed E-state index contributed by atoms with van der Waals surface area (Å²) in [5.74, 6) is -1.79. The van der Waals surface area contributed by atoms with Crippen LogP contribution in [-0.4, -0.2) is 36.8 Å². The highest BCUT2D eigenvalue weighted by molar-refractivity contribution is 6.46. The fraction of sp³-hybridized carbons (Fsp3) is 0.0909. The monoisotopic (exact) mass is 387 g/mol. The van der Waals surface area contributed by atoms with Gasteiger partial charge in [-0.15, -0.1) is 0 Å². The molecule has 7 nitrogen and oxygen atoms in total. The average molecular weight is 387 g/mol. The van der Waals surface area contributed by atoms with Gasteiger partial charge in [0.1, 0.15) is 11.5 Å². The van der Waals surface area contributed by atoms with E-state index in [4.69, 9.17) is 0 Å². The number of aromatic hydroxyl groups is 1. The number of aliphatic hydroxyl groups excluding tert-OH is 1. The molecule has 2 N–H and O–H groups in total. The van der Waals surface area contributed by atoms with Crippen molar-refractivity contribution >= 4 is 17.4 Å². The largest absolute Gasteiger partial charge is 0.508 e. The van der Waals surface area contributed by atoms with Crippen molar-refractivity contribution < 1.29 is 19.8 Å². The second-order valence-corrected chi connectivity index (χ2v) is 6.62. The maximum atomic E-state index is 12.9. The van der Waals surface area contributed by atoms with E-state index in [1.807, 2.05) is 0 Å². The van der Waals surface area contributed by atoms with Crippen molar-refractivity contribution in [2.75, 3.05) is 0 Å². The Morgan fingerprint density at radius 2 is 1.79 bits per heavy atom. The standard InChI is InChI=1S/C22H17N3O4/c26-17-5-1-4-16(11-17)19-18(20(27)15-6-9-23-10-7-15)21(28)22(29)25(19)13-14-3-2-8-24-12-14/h1-12,19,26-27H,13H2/b20-18-. The van der Waals surface area contributed by atoms with Crippen molar-refractivity contribution in [2.45, 2.75) is 12.6 Å². The van der Waals surface area contributed by atoms with Crippen LogP contribution >= 0.6 is 0 Å². The predicted molar refractivity (Wildman–Crippen MR) is 104 cm³/mol. The number of carbonyl (C=O) groups excluding carboxylic acids is 2. The van der Waals surface area contributed by atoms with E-state index in [0.29, 0.717) is 11.1 Å². The molecule has 0 bridgehead atoms. The van der Waals surface area contributed by atoms with Gasteiger partial charge in [-0.05, 0) is 41.5 Å². The van der Waals surface area contributed by atoms with Gasteiger partial charge in [0.05, 0.1) is 11.6 Å². The third-order valence-electron chi connectivity index (χ3n) is 4.76. The van der Waals surface area contributed by atoms with Crippen LogP contribution in [-0.2, 0) is 16.1 Å². The Hall–Kier alpha value is -4.00. The van der Waals surface area contributed by atoms with Crippen LogP contribution in [0.3, 0.4) is 0 Å². The molecule has 1 amide bonds. The molecule has 1 aliphatic rings. The number of Topliss-reactive ketones (excluding diaryl/α,β-unsaturated/α-hetero) is 1. The molecule has 2 aromatic heterocycles. The van der Waals surface area contributed by atoms with Crippen LogP contribution in [0.2, 0.25) is 0 Å². The number of benzene rings is 1. The number of aliphatic hydroxyl groups is 1. The number of hydrogen-bond acceptors (Lipinski definition) is 6. The Balaban J connectivity index is 1.87. The van der Waals surface area contributed by atoms with E-state index in [-0.39, 0.29) is 23.6 Å². The first kappa shape index (κ1) is 18.4. The number of hydrogen-bond donors (Lipinski definition) is 2. The summed E-state index contributed by atoms with van der Waals surface area (Å²) in [4.78, 5) is 35.1. The molecule has 1 saturated heterocycles. The Morgan fingerprint density at radius 3 is 2.48 bits per heavy atom. The quantitative estimate of drug-likeness (QED) is 0.405. The number of likely N-dealkylation sites (tertiary alicyclic amines) is 1. The van der Waals surface area contributed by atoms with Crippen LogP contribution in [0, 0.1) is 0 Å². The summed E-state index contributed by atoms with van der Waals surface area (Å²) in [5, 5.41) is 20.8. The predicted octanol–water partition coefficient (Wildman–Crippen LogP) is 2.80. The number of rotatable bonds is 4. The van der Waals surface area contributed by atoms with Crippen molar-refractivity contribution in [3.05, 3.63) is 95.6 Å². The van der Waals surface area contributed by atoms with Crippen molar-refractivity contribution in [3.63, 3.8) is 0 Å². The minimum Gasteiger partial charge on any atom is -0.508 e. The van der Waals surface area contributed by atoms with Crippen LogP contribution in [0.1, 0.15) is 22.7 Å². The van der Waals surface area contributed by atoms with Crippen LogP contribution < -0.4 is 0 Å². The Kier molecular flexibility index (Phi) is 4.78. The van der Waals surface area contributed by atoms with Crippen LogP contribution in [0.15, 0.2) is 78.9 Å². The zero-order valence-electron chi connectivity index (χ0n) is 15.3. The van der Waals surface area contributed by atoms with Crippen LogP contribution in [0.4, 0.5) is 0 Å². The van der Waals surface area contributed by atoms with Crippen molar-refractivity contribution in [1.82, 2.24) is 14.9 Å². The number of aromatic nitrogens is 2. The Morgan fingerprint density at radius 1 is 1.00 bits per heavy atom. The molecule has 29 heavy (non-hydrogen) atoms. The summed E-state index contributed by atoms with van der Waals surface area (Å²) in [6.45, 7) is 0.131. The maximum Gasteiger partial charge on any atom is 0.295 e. The molecule has 3 aromatic rings. The first-order valence-corrected chi connectivity index (χ1v) is 8.93. The summed E-state index contributed by atoms with van der Waals surface area (Å²) in [6, 6.07) is 12.1. The third kappa shape index (κ3) is 3.45. The SMILES string of the molecule is O=C1C(=O)N(Cc2cccnc2)C(c2cccc(O)c2)/C1=C(/O)c1ccncc1. The summed E-state index contributed by atoms with van der Waals surface area (Å²) in [6.07, 6.45) is 6.21. The molecule has 0 aliphatic carbocycles. The highest BCUT2D eigenvalue weighted by Gasteiger charge is 2.46. The molecule has 1 fully saturated rings. The van der Waals surface area contributed by atoms with E-state index >= 15 is 0 Å². The number of nitrogens with zero attached hydrogens (tertiary/aromatic N) is 3. The highest BCUT2D eigenvalue weighted by Crippen LogP contribution is 2.40. The molecule has 1 aromatic carbocycles. The molecule has 7 heteroatoms. The number of ketones is 1. The number of phenols is 1. The normalized spacial score (nSPS) is 18.2. The molecular weight excluding hydrogens is 370 g/mol. The van der Waals surface area contributed by atoms with Gasteiger partial charge in [0.2, 0.25) is 0 Å². The summed E-state index contributed by atoms with van der Waals surface area (Å²) < 4.78 is 0. The van der Waals surface area contributed by atoms with Crippen molar-refractivity contribution in [2.24, 2.45) is 0 Å².